The molecule has 0 aromatic heterocycles. The molecular weight excluding hydrogens is 256 g/mol. The largest absolute Gasteiger partial charge is 0.481 e. The van der Waals surface area contributed by atoms with Gasteiger partial charge in [-0.25, -0.2) is 4.79 Å². The van der Waals surface area contributed by atoms with E-state index in [1.807, 2.05) is 7.05 Å². The Kier molecular flexibility index (Phi) is 6.82. The van der Waals surface area contributed by atoms with Crippen molar-refractivity contribution in [2.45, 2.75) is 58.4 Å². The van der Waals surface area contributed by atoms with Crippen molar-refractivity contribution in [3.05, 3.63) is 0 Å². The zero-order valence-corrected chi connectivity index (χ0v) is 12.9. The van der Waals surface area contributed by atoms with Gasteiger partial charge in [0.05, 0.1) is 5.92 Å². The van der Waals surface area contributed by atoms with Crippen molar-refractivity contribution in [2.75, 3.05) is 13.6 Å². The summed E-state index contributed by atoms with van der Waals surface area (Å²) in [6, 6.07) is 0.231. The summed E-state index contributed by atoms with van der Waals surface area (Å²) in [5, 5.41) is 11.9. The molecule has 1 unspecified atom stereocenters. The SMILES string of the molecule is CCCC(C)N(C)C(=O)NCC1CCC(C(=O)O)CC1. The molecule has 0 aromatic rings. The average molecular weight is 284 g/mol. The summed E-state index contributed by atoms with van der Waals surface area (Å²) in [4.78, 5) is 24.6. The van der Waals surface area contributed by atoms with Crippen LogP contribution in [-0.4, -0.2) is 41.6 Å². The quantitative estimate of drug-likeness (QED) is 0.788. The maximum absolute atomic E-state index is 12.0. The van der Waals surface area contributed by atoms with E-state index in [4.69, 9.17) is 5.11 Å². The lowest BCUT2D eigenvalue weighted by molar-refractivity contribution is -0.143. The number of hydrogen-bond acceptors (Lipinski definition) is 2. The second-order valence-corrected chi connectivity index (χ2v) is 5.99. The molecule has 116 valence electrons. The van der Waals surface area contributed by atoms with E-state index in [1.165, 1.54) is 0 Å². The number of aliphatic carboxylic acids is 1. The van der Waals surface area contributed by atoms with Crippen molar-refractivity contribution >= 4 is 12.0 Å². The summed E-state index contributed by atoms with van der Waals surface area (Å²) in [5.41, 5.74) is 0. The Hall–Kier alpha value is -1.26. The Morgan fingerprint density at radius 3 is 2.40 bits per heavy atom. The number of nitrogens with one attached hydrogen (secondary N) is 1. The van der Waals surface area contributed by atoms with Gasteiger partial charge in [0.15, 0.2) is 0 Å². The first-order valence-corrected chi connectivity index (χ1v) is 7.69. The smallest absolute Gasteiger partial charge is 0.317 e. The van der Waals surface area contributed by atoms with Crippen molar-refractivity contribution in [1.29, 1.82) is 0 Å². The molecule has 0 bridgehead atoms. The molecule has 2 N–H and O–H groups in total. The first-order valence-electron chi connectivity index (χ1n) is 7.69. The van der Waals surface area contributed by atoms with Gasteiger partial charge in [0.1, 0.15) is 0 Å². The topological polar surface area (TPSA) is 69.6 Å². The molecule has 1 rings (SSSR count). The first kappa shape index (κ1) is 16.8. The maximum Gasteiger partial charge on any atom is 0.317 e. The minimum atomic E-state index is -0.680. The van der Waals surface area contributed by atoms with Gasteiger partial charge in [0.2, 0.25) is 0 Å². The van der Waals surface area contributed by atoms with Crippen molar-refractivity contribution in [2.24, 2.45) is 11.8 Å². The van der Waals surface area contributed by atoms with Gasteiger partial charge in [-0.1, -0.05) is 13.3 Å². The standard InChI is InChI=1S/C15H28N2O3/c1-4-5-11(2)17(3)15(20)16-10-12-6-8-13(9-7-12)14(18)19/h11-13H,4-10H2,1-3H3,(H,16,20)(H,18,19). The highest BCUT2D eigenvalue weighted by Crippen LogP contribution is 2.28. The number of hydrogen-bond donors (Lipinski definition) is 2. The number of carbonyl (C=O) groups is 2. The summed E-state index contributed by atoms with van der Waals surface area (Å²) in [6.45, 7) is 4.83. The van der Waals surface area contributed by atoms with Crippen LogP contribution >= 0.6 is 0 Å². The third-order valence-electron chi connectivity index (χ3n) is 4.43. The molecule has 0 aliphatic heterocycles. The number of carbonyl (C=O) groups excluding carboxylic acids is 1. The fraction of sp³-hybridized carbons (Fsp3) is 0.867. The lowest BCUT2D eigenvalue weighted by atomic mass is 9.82. The second-order valence-electron chi connectivity index (χ2n) is 5.99. The van der Waals surface area contributed by atoms with Crippen LogP contribution in [0.2, 0.25) is 0 Å². The lowest BCUT2D eigenvalue weighted by Crippen LogP contribution is -2.44. The number of rotatable bonds is 6. The normalized spacial score (nSPS) is 23.9. The van der Waals surface area contributed by atoms with Crippen LogP contribution in [0.4, 0.5) is 4.79 Å². The minimum absolute atomic E-state index is 0.0219. The van der Waals surface area contributed by atoms with E-state index < -0.39 is 5.97 Å². The third-order valence-corrected chi connectivity index (χ3v) is 4.43. The maximum atomic E-state index is 12.0. The van der Waals surface area contributed by atoms with Gasteiger partial charge < -0.3 is 15.3 Å². The van der Waals surface area contributed by atoms with Crippen molar-refractivity contribution in [3.63, 3.8) is 0 Å². The Morgan fingerprint density at radius 2 is 1.90 bits per heavy atom. The van der Waals surface area contributed by atoms with E-state index >= 15 is 0 Å². The van der Waals surface area contributed by atoms with Crippen LogP contribution < -0.4 is 5.32 Å². The molecule has 1 fully saturated rings. The average Bonchev–Trinajstić information content (AvgIpc) is 2.44. The molecule has 0 radical (unpaired) electrons. The van der Waals surface area contributed by atoms with Gasteiger partial charge in [0.25, 0.3) is 0 Å². The third kappa shape index (κ3) is 5.02. The van der Waals surface area contributed by atoms with Crippen molar-refractivity contribution in [3.8, 4) is 0 Å². The number of urea groups is 1. The van der Waals surface area contributed by atoms with Crippen LogP contribution in [0.3, 0.4) is 0 Å². The second kappa shape index (κ2) is 8.12. The van der Waals surface area contributed by atoms with Crippen molar-refractivity contribution in [1.82, 2.24) is 10.2 Å². The van der Waals surface area contributed by atoms with Gasteiger partial charge in [-0.2, -0.15) is 0 Å². The van der Waals surface area contributed by atoms with Crippen LogP contribution in [0.15, 0.2) is 0 Å². The summed E-state index contributed by atoms with van der Waals surface area (Å²) in [7, 11) is 1.83. The molecule has 0 saturated heterocycles. The predicted octanol–water partition coefficient (Wildman–Crippen LogP) is 2.71. The Bertz CT molecular complexity index is 325. The number of carboxylic acids is 1. The van der Waals surface area contributed by atoms with Gasteiger partial charge in [-0.15, -0.1) is 0 Å². The van der Waals surface area contributed by atoms with Crippen LogP contribution in [0, 0.1) is 11.8 Å². The van der Waals surface area contributed by atoms with Crippen molar-refractivity contribution < 1.29 is 14.7 Å². The summed E-state index contributed by atoms with van der Waals surface area (Å²) in [6.07, 6.45) is 5.33. The Labute approximate surface area is 121 Å². The molecule has 1 aliphatic carbocycles. The molecule has 5 nitrogen and oxygen atoms in total. The summed E-state index contributed by atoms with van der Waals surface area (Å²) in [5.74, 6) is -0.445. The summed E-state index contributed by atoms with van der Waals surface area (Å²) >= 11 is 0. The van der Waals surface area contributed by atoms with E-state index in [1.54, 1.807) is 4.90 Å². The van der Waals surface area contributed by atoms with Gasteiger partial charge in [-0.05, 0) is 44.9 Å². The molecule has 2 amide bonds. The minimum Gasteiger partial charge on any atom is -0.481 e. The zero-order valence-electron chi connectivity index (χ0n) is 12.9. The molecule has 1 saturated carbocycles. The van der Waals surface area contributed by atoms with Gasteiger partial charge in [0, 0.05) is 19.6 Å². The number of carboxylic acid groups (broad SMARTS) is 1. The first-order chi connectivity index (χ1) is 9.45. The highest BCUT2D eigenvalue weighted by Gasteiger charge is 2.26. The molecular formula is C15H28N2O3. The van der Waals surface area contributed by atoms with E-state index in [2.05, 4.69) is 19.2 Å². The summed E-state index contributed by atoms with van der Waals surface area (Å²) < 4.78 is 0. The van der Waals surface area contributed by atoms with E-state index in [9.17, 15) is 9.59 Å². The Balaban J connectivity index is 2.27. The molecule has 1 atom stereocenters. The number of nitrogens with zero attached hydrogens (tertiary/aromatic N) is 1. The monoisotopic (exact) mass is 284 g/mol. The van der Waals surface area contributed by atoms with Crippen LogP contribution in [-0.2, 0) is 4.79 Å². The number of amides is 2. The fourth-order valence-electron chi connectivity index (χ4n) is 2.78. The molecule has 5 heteroatoms. The molecule has 0 spiro atoms. The van der Waals surface area contributed by atoms with Crippen LogP contribution in [0.1, 0.15) is 52.4 Å². The van der Waals surface area contributed by atoms with Gasteiger partial charge >= 0.3 is 12.0 Å². The van der Waals surface area contributed by atoms with Crippen LogP contribution in [0.5, 0.6) is 0 Å². The molecule has 20 heavy (non-hydrogen) atoms. The highest BCUT2D eigenvalue weighted by molar-refractivity contribution is 5.74. The van der Waals surface area contributed by atoms with E-state index in [0.717, 1.165) is 38.5 Å². The molecule has 0 heterocycles. The van der Waals surface area contributed by atoms with Crippen LogP contribution in [0.25, 0.3) is 0 Å². The van der Waals surface area contributed by atoms with E-state index in [0.29, 0.717) is 12.5 Å². The predicted molar refractivity (Wildman–Crippen MR) is 78.6 cm³/mol. The van der Waals surface area contributed by atoms with Gasteiger partial charge in [-0.3, -0.25) is 4.79 Å². The molecule has 0 aromatic carbocycles. The molecule has 1 aliphatic rings. The fourth-order valence-corrected chi connectivity index (χ4v) is 2.78. The lowest BCUT2D eigenvalue weighted by Gasteiger charge is -2.29. The zero-order chi connectivity index (χ0) is 15.1. The highest BCUT2D eigenvalue weighted by atomic mass is 16.4. The Morgan fingerprint density at radius 1 is 1.30 bits per heavy atom. The van der Waals surface area contributed by atoms with E-state index in [-0.39, 0.29) is 18.0 Å².